The molecule has 0 bridgehead atoms. The van der Waals surface area contributed by atoms with Gasteiger partial charge in [0.05, 0.1) is 10.0 Å². The molecule has 2 heterocycles. The van der Waals surface area contributed by atoms with Crippen molar-refractivity contribution < 1.29 is 4.42 Å². The molecular weight excluding hydrogens is 268 g/mol. The Morgan fingerprint density at radius 1 is 1.50 bits per heavy atom. The summed E-state index contributed by atoms with van der Waals surface area (Å²) in [6, 6.07) is 5.93. The van der Waals surface area contributed by atoms with Gasteiger partial charge in [-0.2, -0.15) is 0 Å². The van der Waals surface area contributed by atoms with Gasteiger partial charge in [-0.3, -0.25) is 0 Å². The third kappa shape index (κ3) is 1.48. The van der Waals surface area contributed by atoms with Crippen molar-refractivity contribution >= 4 is 27.0 Å². The van der Waals surface area contributed by atoms with Crippen molar-refractivity contribution in [2.24, 2.45) is 0 Å². The van der Waals surface area contributed by atoms with Gasteiger partial charge in [0.15, 0.2) is 5.58 Å². The number of nitrogens with zero attached hydrogens (tertiary/aromatic N) is 1. The SMILES string of the molecule is CC1(c2nc3cccc(Br)c3o2)CCCN1. The molecule has 1 N–H and O–H groups in total. The largest absolute Gasteiger partial charge is 0.437 e. The van der Waals surface area contributed by atoms with E-state index in [1.165, 1.54) is 6.42 Å². The van der Waals surface area contributed by atoms with Gasteiger partial charge in [-0.15, -0.1) is 0 Å². The molecule has 1 aromatic heterocycles. The topological polar surface area (TPSA) is 38.1 Å². The smallest absolute Gasteiger partial charge is 0.215 e. The molecule has 0 radical (unpaired) electrons. The highest BCUT2D eigenvalue weighted by atomic mass is 79.9. The molecule has 4 heteroatoms. The molecule has 3 rings (SSSR count). The van der Waals surface area contributed by atoms with Crippen LogP contribution in [0.2, 0.25) is 0 Å². The zero-order valence-electron chi connectivity index (χ0n) is 9.09. The zero-order chi connectivity index (χ0) is 11.2. The number of para-hydroxylation sites is 1. The van der Waals surface area contributed by atoms with Crippen LogP contribution in [-0.4, -0.2) is 11.5 Å². The summed E-state index contributed by atoms with van der Waals surface area (Å²) in [6.07, 6.45) is 2.26. The second-order valence-corrected chi connectivity index (χ2v) is 5.32. The molecule has 0 saturated carbocycles. The Kier molecular flexibility index (Phi) is 2.30. The molecule has 1 aromatic carbocycles. The molecule has 0 amide bonds. The molecule has 84 valence electrons. The number of halogens is 1. The Hall–Kier alpha value is -0.870. The van der Waals surface area contributed by atoms with Gasteiger partial charge in [-0.1, -0.05) is 6.07 Å². The first-order chi connectivity index (χ1) is 7.69. The monoisotopic (exact) mass is 280 g/mol. The molecule has 16 heavy (non-hydrogen) atoms. The molecule has 0 aliphatic carbocycles. The van der Waals surface area contributed by atoms with Crippen molar-refractivity contribution in [3.63, 3.8) is 0 Å². The first-order valence-electron chi connectivity index (χ1n) is 5.50. The zero-order valence-corrected chi connectivity index (χ0v) is 10.7. The predicted molar refractivity (Wildman–Crippen MR) is 66.3 cm³/mol. The number of fused-ring (bicyclic) bond motifs is 1. The summed E-state index contributed by atoms with van der Waals surface area (Å²) < 4.78 is 6.83. The lowest BCUT2D eigenvalue weighted by atomic mass is 10.0. The van der Waals surface area contributed by atoms with Crippen molar-refractivity contribution in [3.8, 4) is 0 Å². The maximum absolute atomic E-state index is 5.87. The van der Waals surface area contributed by atoms with Crippen LogP contribution >= 0.6 is 15.9 Å². The van der Waals surface area contributed by atoms with Gasteiger partial charge < -0.3 is 9.73 Å². The molecule has 1 aliphatic rings. The van der Waals surface area contributed by atoms with Crippen molar-refractivity contribution in [1.82, 2.24) is 10.3 Å². The second-order valence-electron chi connectivity index (χ2n) is 4.47. The molecular formula is C12H13BrN2O. The molecule has 1 saturated heterocycles. The number of hydrogen-bond acceptors (Lipinski definition) is 3. The Labute approximate surface area is 102 Å². The summed E-state index contributed by atoms with van der Waals surface area (Å²) in [6.45, 7) is 3.19. The average molecular weight is 281 g/mol. The van der Waals surface area contributed by atoms with E-state index in [0.717, 1.165) is 34.4 Å². The first-order valence-corrected chi connectivity index (χ1v) is 6.29. The molecule has 1 unspecified atom stereocenters. The number of nitrogens with one attached hydrogen (secondary N) is 1. The van der Waals surface area contributed by atoms with Crippen LogP contribution < -0.4 is 5.32 Å². The Bertz CT molecular complexity index is 529. The predicted octanol–water partition coefficient (Wildman–Crippen LogP) is 3.19. The van der Waals surface area contributed by atoms with Gasteiger partial charge in [0, 0.05) is 0 Å². The quantitative estimate of drug-likeness (QED) is 0.872. The second kappa shape index (κ2) is 3.57. The fourth-order valence-electron chi connectivity index (χ4n) is 2.23. The Morgan fingerprint density at radius 2 is 2.38 bits per heavy atom. The number of rotatable bonds is 1. The molecule has 1 fully saturated rings. The number of oxazole rings is 1. The Morgan fingerprint density at radius 3 is 3.06 bits per heavy atom. The van der Waals surface area contributed by atoms with Crippen molar-refractivity contribution in [2.75, 3.05) is 6.54 Å². The van der Waals surface area contributed by atoms with E-state index in [4.69, 9.17) is 4.42 Å². The van der Waals surface area contributed by atoms with Crippen LogP contribution in [0.3, 0.4) is 0 Å². The van der Waals surface area contributed by atoms with Gasteiger partial charge in [0.2, 0.25) is 5.89 Å². The van der Waals surface area contributed by atoms with Gasteiger partial charge >= 0.3 is 0 Å². The molecule has 1 aliphatic heterocycles. The van der Waals surface area contributed by atoms with E-state index in [0.29, 0.717) is 0 Å². The van der Waals surface area contributed by atoms with E-state index < -0.39 is 0 Å². The van der Waals surface area contributed by atoms with Crippen LogP contribution in [0, 0.1) is 0 Å². The van der Waals surface area contributed by atoms with Crippen LogP contribution in [0.25, 0.3) is 11.1 Å². The van der Waals surface area contributed by atoms with Crippen molar-refractivity contribution in [2.45, 2.75) is 25.3 Å². The molecule has 0 spiro atoms. The minimum absolute atomic E-state index is 0.0987. The summed E-state index contributed by atoms with van der Waals surface area (Å²) in [5.74, 6) is 0.798. The number of benzene rings is 1. The summed E-state index contributed by atoms with van der Waals surface area (Å²) in [7, 11) is 0. The third-order valence-corrected chi connectivity index (χ3v) is 3.83. The van der Waals surface area contributed by atoms with Crippen LogP contribution in [0.15, 0.2) is 27.1 Å². The van der Waals surface area contributed by atoms with Gasteiger partial charge in [-0.25, -0.2) is 4.98 Å². The standard InChI is InChI=1S/C12H13BrN2O/c1-12(6-3-7-14-12)11-15-9-5-2-4-8(13)10(9)16-11/h2,4-5,14H,3,6-7H2,1H3. The third-order valence-electron chi connectivity index (χ3n) is 3.21. The minimum Gasteiger partial charge on any atom is -0.437 e. The van der Waals surface area contributed by atoms with E-state index in [1.54, 1.807) is 0 Å². The lowest BCUT2D eigenvalue weighted by Crippen LogP contribution is -2.33. The van der Waals surface area contributed by atoms with E-state index >= 15 is 0 Å². The molecule has 2 aromatic rings. The number of aromatic nitrogens is 1. The average Bonchev–Trinajstić information content (AvgIpc) is 2.85. The lowest BCUT2D eigenvalue weighted by Gasteiger charge is -2.19. The summed E-state index contributed by atoms with van der Waals surface area (Å²) in [4.78, 5) is 4.57. The summed E-state index contributed by atoms with van der Waals surface area (Å²) >= 11 is 3.48. The normalized spacial score (nSPS) is 25.4. The van der Waals surface area contributed by atoms with Crippen LogP contribution in [0.4, 0.5) is 0 Å². The van der Waals surface area contributed by atoms with E-state index in [9.17, 15) is 0 Å². The van der Waals surface area contributed by atoms with Gasteiger partial charge in [-0.05, 0) is 54.4 Å². The molecule has 3 nitrogen and oxygen atoms in total. The maximum Gasteiger partial charge on any atom is 0.215 e. The van der Waals surface area contributed by atoms with Crippen LogP contribution in [0.1, 0.15) is 25.7 Å². The van der Waals surface area contributed by atoms with Gasteiger partial charge in [0.25, 0.3) is 0 Å². The Balaban J connectivity index is 2.15. The minimum atomic E-state index is -0.0987. The molecule has 1 atom stereocenters. The highest BCUT2D eigenvalue weighted by Gasteiger charge is 2.35. The van der Waals surface area contributed by atoms with Crippen molar-refractivity contribution in [1.29, 1.82) is 0 Å². The van der Waals surface area contributed by atoms with Crippen LogP contribution in [0.5, 0.6) is 0 Å². The van der Waals surface area contributed by atoms with E-state index in [2.05, 4.69) is 33.2 Å². The fourth-order valence-corrected chi connectivity index (χ4v) is 2.67. The highest BCUT2D eigenvalue weighted by Crippen LogP contribution is 2.33. The van der Waals surface area contributed by atoms with Crippen molar-refractivity contribution in [3.05, 3.63) is 28.6 Å². The van der Waals surface area contributed by atoms with Gasteiger partial charge in [0.1, 0.15) is 5.52 Å². The fraction of sp³-hybridized carbons (Fsp3) is 0.417. The summed E-state index contributed by atoms with van der Waals surface area (Å²) in [5, 5.41) is 3.46. The lowest BCUT2D eigenvalue weighted by molar-refractivity contribution is 0.330. The van der Waals surface area contributed by atoms with E-state index in [1.807, 2.05) is 18.2 Å². The highest BCUT2D eigenvalue weighted by molar-refractivity contribution is 9.10. The van der Waals surface area contributed by atoms with E-state index in [-0.39, 0.29) is 5.54 Å². The van der Waals surface area contributed by atoms with Crippen LogP contribution in [-0.2, 0) is 5.54 Å². The number of hydrogen-bond donors (Lipinski definition) is 1. The first kappa shape index (κ1) is 10.3. The maximum atomic E-state index is 5.87. The summed E-state index contributed by atoms with van der Waals surface area (Å²) in [5.41, 5.74) is 1.66.